The van der Waals surface area contributed by atoms with Crippen LogP contribution in [-0.4, -0.2) is 30.6 Å². The van der Waals surface area contributed by atoms with Crippen molar-refractivity contribution in [3.8, 4) is 5.88 Å². The number of pyridine rings is 1. The highest BCUT2D eigenvalue weighted by atomic mass is 32.2. The lowest BCUT2D eigenvalue weighted by Crippen LogP contribution is -2.17. The quantitative estimate of drug-likeness (QED) is 0.725. The average molecular weight is 212 g/mol. The largest absolute Gasteiger partial charge is 0.481 e. The van der Waals surface area contributed by atoms with Gasteiger partial charge in [0, 0.05) is 24.9 Å². The molecule has 0 radical (unpaired) electrons. The average Bonchev–Trinajstić information content (AvgIpc) is 2.25. The van der Waals surface area contributed by atoms with E-state index >= 15 is 0 Å². The standard InChI is InChI=1S/C10H16N2OS/c1-13-10-5-3-4-9(12-10)8-11-6-7-14-2/h3-5,11H,6-8H2,1-2H3. The van der Waals surface area contributed by atoms with E-state index in [1.54, 1.807) is 7.11 Å². The number of rotatable bonds is 6. The maximum Gasteiger partial charge on any atom is 0.213 e. The number of thioether (sulfide) groups is 1. The molecule has 4 heteroatoms. The van der Waals surface area contributed by atoms with Crippen LogP contribution in [-0.2, 0) is 6.54 Å². The number of hydrogen-bond donors (Lipinski definition) is 1. The molecule has 1 aromatic rings. The van der Waals surface area contributed by atoms with Gasteiger partial charge in [-0.3, -0.25) is 0 Å². The van der Waals surface area contributed by atoms with Crippen molar-refractivity contribution in [3.63, 3.8) is 0 Å². The number of aromatic nitrogens is 1. The summed E-state index contributed by atoms with van der Waals surface area (Å²) < 4.78 is 5.04. The zero-order valence-corrected chi connectivity index (χ0v) is 9.43. The molecule has 0 bridgehead atoms. The fraction of sp³-hybridized carbons (Fsp3) is 0.500. The Balaban J connectivity index is 2.34. The zero-order valence-electron chi connectivity index (χ0n) is 8.62. The van der Waals surface area contributed by atoms with E-state index < -0.39 is 0 Å². The molecule has 0 aliphatic rings. The van der Waals surface area contributed by atoms with E-state index in [2.05, 4.69) is 16.6 Å². The maximum atomic E-state index is 5.04. The molecule has 0 atom stereocenters. The Kier molecular flexibility index (Phi) is 5.40. The van der Waals surface area contributed by atoms with Gasteiger partial charge in [0.1, 0.15) is 0 Å². The summed E-state index contributed by atoms with van der Waals surface area (Å²) in [5.74, 6) is 1.80. The van der Waals surface area contributed by atoms with Crippen LogP contribution in [0.15, 0.2) is 18.2 Å². The predicted molar refractivity (Wildman–Crippen MR) is 60.9 cm³/mol. The highest BCUT2D eigenvalue weighted by Crippen LogP contribution is 2.05. The van der Waals surface area contributed by atoms with Crippen molar-refractivity contribution in [2.45, 2.75) is 6.54 Å². The van der Waals surface area contributed by atoms with Crippen molar-refractivity contribution in [1.29, 1.82) is 0 Å². The summed E-state index contributed by atoms with van der Waals surface area (Å²) in [5.41, 5.74) is 1.02. The molecule has 0 amide bonds. The molecule has 1 rings (SSSR count). The third-order valence-corrected chi connectivity index (χ3v) is 2.39. The molecular weight excluding hydrogens is 196 g/mol. The summed E-state index contributed by atoms with van der Waals surface area (Å²) >= 11 is 1.84. The summed E-state index contributed by atoms with van der Waals surface area (Å²) in [4.78, 5) is 4.30. The van der Waals surface area contributed by atoms with Crippen LogP contribution in [0.4, 0.5) is 0 Å². The van der Waals surface area contributed by atoms with E-state index in [-0.39, 0.29) is 0 Å². The molecule has 78 valence electrons. The minimum atomic E-state index is 0.675. The van der Waals surface area contributed by atoms with Gasteiger partial charge < -0.3 is 10.1 Å². The Morgan fingerprint density at radius 3 is 3.07 bits per heavy atom. The maximum absolute atomic E-state index is 5.04. The van der Waals surface area contributed by atoms with Gasteiger partial charge in [-0.05, 0) is 12.3 Å². The van der Waals surface area contributed by atoms with Crippen LogP contribution in [0.2, 0.25) is 0 Å². The van der Waals surface area contributed by atoms with Crippen LogP contribution >= 0.6 is 11.8 Å². The number of ether oxygens (including phenoxy) is 1. The molecule has 0 saturated carbocycles. The normalized spacial score (nSPS) is 10.1. The lowest BCUT2D eigenvalue weighted by molar-refractivity contribution is 0.396. The predicted octanol–water partition coefficient (Wildman–Crippen LogP) is 1.54. The molecule has 0 aliphatic carbocycles. The first-order valence-corrected chi connectivity index (χ1v) is 5.96. The van der Waals surface area contributed by atoms with Gasteiger partial charge in [0.25, 0.3) is 0 Å². The van der Waals surface area contributed by atoms with Gasteiger partial charge in [-0.1, -0.05) is 6.07 Å². The Hall–Kier alpha value is -0.740. The molecule has 1 heterocycles. The third kappa shape index (κ3) is 3.98. The Morgan fingerprint density at radius 2 is 2.36 bits per heavy atom. The fourth-order valence-electron chi connectivity index (χ4n) is 1.06. The first kappa shape index (κ1) is 11.3. The van der Waals surface area contributed by atoms with Crippen LogP contribution in [0, 0.1) is 0 Å². The summed E-state index contributed by atoms with van der Waals surface area (Å²) in [7, 11) is 1.63. The van der Waals surface area contributed by atoms with Crippen LogP contribution in [0.25, 0.3) is 0 Å². The Morgan fingerprint density at radius 1 is 1.50 bits per heavy atom. The van der Waals surface area contributed by atoms with Crippen LogP contribution < -0.4 is 10.1 Å². The number of nitrogens with one attached hydrogen (secondary N) is 1. The summed E-state index contributed by atoms with van der Waals surface area (Å²) in [6.07, 6.45) is 2.10. The van der Waals surface area contributed by atoms with E-state index in [4.69, 9.17) is 4.74 Å². The second kappa shape index (κ2) is 6.68. The summed E-state index contributed by atoms with van der Waals surface area (Å²) in [6.45, 7) is 1.82. The van der Waals surface area contributed by atoms with Gasteiger partial charge in [0.2, 0.25) is 5.88 Å². The van der Waals surface area contributed by atoms with Gasteiger partial charge in [0.05, 0.1) is 12.8 Å². The van der Waals surface area contributed by atoms with E-state index in [1.807, 2.05) is 30.0 Å². The number of hydrogen-bond acceptors (Lipinski definition) is 4. The van der Waals surface area contributed by atoms with Crippen molar-refractivity contribution < 1.29 is 4.74 Å². The number of nitrogens with zero attached hydrogens (tertiary/aromatic N) is 1. The van der Waals surface area contributed by atoms with Crippen LogP contribution in [0.3, 0.4) is 0 Å². The molecule has 1 aromatic heterocycles. The lowest BCUT2D eigenvalue weighted by Gasteiger charge is -2.04. The smallest absolute Gasteiger partial charge is 0.213 e. The molecule has 0 fully saturated rings. The molecule has 14 heavy (non-hydrogen) atoms. The molecule has 1 N–H and O–H groups in total. The third-order valence-electron chi connectivity index (χ3n) is 1.78. The highest BCUT2D eigenvalue weighted by Gasteiger charge is 1.96. The number of methoxy groups -OCH3 is 1. The van der Waals surface area contributed by atoms with Crippen LogP contribution in [0.5, 0.6) is 5.88 Å². The van der Waals surface area contributed by atoms with Gasteiger partial charge in [-0.15, -0.1) is 0 Å². The van der Waals surface area contributed by atoms with Crippen molar-refractivity contribution in [2.75, 3.05) is 25.7 Å². The molecular formula is C10H16N2OS. The first-order chi connectivity index (χ1) is 6.86. The first-order valence-electron chi connectivity index (χ1n) is 4.56. The second-order valence-electron chi connectivity index (χ2n) is 2.84. The van der Waals surface area contributed by atoms with E-state index in [9.17, 15) is 0 Å². The fourth-order valence-corrected chi connectivity index (χ4v) is 1.41. The zero-order chi connectivity index (χ0) is 10.2. The molecule has 0 spiro atoms. The lowest BCUT2D eigenvalue weighted by atomic mass is 10.3. The molecule has 0 unspecified atom stereocenters. The monoisotopic (exact) mass is 212 g/mol. The van der Waals surface area contributed by atoms with Crippen molar-refractivity contribution >= 4 is 11.8 Å². The Bertz CT molecular complexity index is 268. The van der Waals surface area contributed by atoms with Crippen molar-refractivity contribution in [1.82, 2.24) is 10.3 Å². The summed E-state index contributed by atoms with van der Waals surface area (Å²) in [5, 5.41) is 3.32. The molecule has 0 saturated heterocycles. The minimum Gasteiger partial charge on any atom is -0.481 e. The van der Waals surface area contributed by atoms with Crippen molar-refractivity contribution in [3.05, 3.63) is 23.9 Å². The van der Waals surface area contributed by atoms with E-state index in [0.29, 0.717) is 5.88 Å². The molecule has 0 aliphatic heterocycles. The van der Waals surface area contributed by atoms with Gasteiger partial charge in [-0.25, -0.2) is 4.98 Å². The molecule has 0 aromatic carbocycles. The van der Waals surface area contributed by atoms with Crippen molar-refractivity contribution in [2.24, 2.45) is 0 Å². The minimum absolute atomic E-state index is 0.675. The Labute approximate surface area is 89.3 Å². The summed E-state index contributed by atoms with van der Waals surface area (Å²) in [6, 6.07) is 5.80. The highest BCUT2D eigenvalue weighted by molar-refractivity contribution is 7.98. The molecule has 3 nitrogen and oxygen atoms in total. The second-order valence-corrected chi connectivity index (χ2v) is 3.83. The van der Waals surface area contributed by atoms with E-state index in [0.717, 1.165) is 24.5 Å². The topological polar surface area (TPSA) is 34.1 Å². The van der Waals surface area contributed by atoms with Gasteiger partial charge in [-0.2, -0.15) is 11.8 Å². The van der Waals surface area contributed by atoms with Gasteiger partial charge in [0.15, 0.2) is 0 Å². The SMILES string of the molecule is COc1cccc(CNCCSC)n1. The van der Waals surface area contributed by atoms with Crippen LogP contribution in [0.1, 0.15) is 5.69 Å². The van der Waals surface area contributed by atoms with Gasteiger partial charge >= 0.3 is 0 Å². The van der Waals surface area contributed by atoms with E-state index in [1.165, 1.54) is 0 Å².